The molecule has 0 radical (unpaired) electrons. The fourth-order valence-corrected chi connectivity index (χ4v) is 1.62. The summed E-state index contributed by atoms with van der Waals surface area (Å²) in [5, 5.41) is 2.64. The molecule has 0 aromatic carbocycles. The van der Waals surface area contributed by atoms with Crippen molar-refractivity contribution in [1.29, 1.82) is 0 Å². The molecule has 1 N–H and O–H groups in total. The largest absolute Gasteiger partial charge is 0.355 e. The summed E-state index contributed by atoms with van der Waals surface area (Å²) in [7, 11) is 0. The van der Waals surface area contributed by atoms with Crippen LogP contribution in [0, 0.1) is 0 Å². The van der Waals surface area contributed by atoms with E-state index < -0.39 is 0 Å². The molecule has 0 bridgehead atoms. The molecule has 0 unspecified atom stereocenters. The van der Waals surface area contributed by atoms with Gasteiger partial charge >= 0.3 is 0 Å². The van der Waals surface area contributed by atoms with E-state index in [2.05, 4.69) is 51.2 Å². The normalized spacial score (nSPS) is 12.2. The predicted molar refractivity (Wildman–Crippen MR) is 79.5 cm³/mol. The van der Waals surface area contributed by atoms with Gasteiger partial charge in [-0.15, -0.1) is 0 Å². The number of amides is 1. The second-order valence-corrected chi connectivity index (χ2v) is 4.99. The standard InChI is InChI=1S/C16H27NO/c1-14(2)7-5-8-15(3)9-6-10-16(4)11-12-17-13-18/h7,9,11,13H,5-6,8,10,12H2,1-4H3,(H,17,18)/b15-9+,16-11+. The molecular weight excluding hydrogens is 222 g/mol. The lowest BCUT2D eigenvalue weighted by Gasteiger charge is -2.01. The van der Waals surface area contributed by atoms with E-state index in [1.807, 2.05) is 0 Å². The lowest BCUT2D eigenvalue weighted by atomic mass is 10.1. The third-order valence-electron chi connectivity index (χ3n) is 2.77. The molecule has 2 nitrogen and oxygen atoms in total. The average molecular weight is 249 g/mol. The first-order chi connectivity index (χ1) is 8.56. The monoisotopic (exact) mass is 249 g/mol. The van der Waals surface area contributed by atoms with Crippen LogP contribution in [0.25, 0.3) is 0 Å². The Kier molecular flexibility index (Phi) is 10.0. The van der Waals surface area contributed by atoms with Crippen molar-refractivity contribution in [1.82, 2.24) is 5.32 Å². The number of carbonyl (C=O) groups excluding carboxylic acids is 1. The Morgan fingerprint density at radius 3 is 2.00 bits per heavy atom. The van der Waals surface area contributed by atoms with E-state index in [1.54, 1.807) is 0 Å². The van der Waals surface area contributed by atoms with Crippen LogP contribution in [0.4, 0.5) is 0 Å². The molecule has 0 aliphatic carbocycles. The Morgan fingerprint density at radius 2 is 1.44 bits per heavy atom. The summed E-state index contributed by atoms with van der Waals surface area (Å²) in [5.41, 5.74) is 4.19. The van der Waals surface area contributed by atoms with Crippen molar-refractivity contribution in [3.8, 4) is 0 Å². The highest BCUT2D eigenvalue weighted by molar-refractivity contribution is 5.46. The van der Waals surface area contributed by atoms with Crippen molar-refractivity contribution < 1.29 is 4.79 Å². The molecule has 2 heteroatoms. The smallest absolute Gasteiger partial charge is 0.207 e. The van der Waals surface area contributed by atoms with Gasteiger partial charge in [-0.1, -0.05) is 34.9 Å². The molecule has 0 heterocycles. The van der Waals surface area contributed by atoms with Gasteiger partial charge in [0, 0.05) is 6.54 Å². The number of nitrogens with one attached hydrogen (secondary N) is 1. The zero-order valence-electron chi connectivity index (χ0n) is 12.3. The number of hydrogen-bond donors (Lipinski definition) is 1. The molecule has 0 aliphatic rings. The van der Waals surface area contributed by atoms with Crippen LogP contribution in [0.2, 0.25) is 0 Å². The van der Waals surface area contributed by atoms with Gasteiger partial charge < -0.3 is 5.32 Å². The maximum absolute atomic E-state index is 10.1. The van der Waals surface area contributed by atoms with Gasteiger partial charge in [0.2, 0.25) is 6.41 Å². The number of rotatable bonds is 9. The van der Waals surface area contributed by atoms with Gasteiger partial charge in [0.15, 0.2) is 0 Å². The van der Waals surface area contributed by atoms with E-state index in [0.717, 1.165) is 32.1 Å². The van der Waals surface area contributed by atoms with Crippen LogP contribution in [0.1, 0.15) is 53.4 Å². The van der Waals surface area contributed by atoms with Crippen LogP contribution in [0.5, 0.6) is 0 Å². The van der Waals surface area contributed by atoms with Gasteiger partial charge in [-0.3, -0.25) is 4.79 Å². The summed E-state index contributed by atoms with van der Waals surface area (Å²) < 4.78 is 0. The third kappa shape index (κ3) is 11.2. The molecule has 0 atom stereocenters. The summed E-state index contributed by atoms with van der Waals surface area (Å²) in [6.07, 6.45) is 11.9. The molecule has 0 fully saturated rings. The minimum Gasteiger partial charge on any atom is -0.355 e. The van der Waals surface area contributed by atoms with Gasteiger partial charge in [0.25, 0.3) is 0 Å². The number of hydrogen-bond acceptors (Lipinski definition) is 1. The molecule has 0 rings (SSSR count). The molecule has 0 aliphatic heterocycles. The zero-order chi connectivity index (χ0) is 13.8. The first-order valence-corrected chi connectivity index (χ1v) is 6.68. The third-order valence-corrected chi connectivity index (χ3v) is 2.77. The first kappa shape index (κ1) is 16.7. The van der Waals surface area contributed by atoms with Crippen LogP contribution >= 0.6 is 0 Å². The van der Waals surface area contributed by atoms with Crippen LogP contribution in [-0.4, -0.2) is 13.0 Å². The molecule has 0 saturated heterocycles. The Labute approximate surface area is 112 Å². The predicted octanol–water partition coefficient (Wildman–Crippen LogP) is 4.15. The SMILES string of the molecule is CC(C)=CCC/C(C)=C/CC/C(C)=C/CNC=O. The highest BCUT2D eigenvalue weighted by atomic mass is 16.1. The van der Waals surface area contributed by atoms with E-state index in [1.165, 1.54) is 16.7 Å². The van der Waals surface area contributed by atoms with E-state index >= 15 is 0 Å². The van der Waals surface area contributed by atoms with Gasteiger partial charge in [-0.05, 0) is 53.4 Å². The van der Waals surface area contributed by atoms with Crippen molar-refractivity contribution in [3.63, 3.8) is 0 Å². The minimum atomic E-state index is 0.638. The summed E-state index contributed by atoms with van der Waals surface area (Å²) in [4.78, 5) is 10.1. The van der Waals surface area contributed by atoms with Crippen molar-refractivity contribution >= 4 is 6.41 Å². The number of carbonyl (C=O) groups is 1. The lowest BCUT2D eigenvalue weighted by molar-refractivity contribution is -0.109. The maximum Gasteiger partial charge on any atom is 0.207 e. The summed E-state index contributed by atoms with van der Waals surface area (Å²) in [6.45, 7) is 9.23. The Bertz CT molecular complexity index is 320. The molecule has 1 amide bonds. The average Bonchev–Trinajstić information content (AvgIpc) is 2.29. The highest BCUT2D eigenvalue weighted by Crippen LogP contribution is 2.11. The fraction of sp³-hybridized carbons (Fsp3) is 0.562. The van der Waals surface area contributed by atoms with E-state index in [4.69, 9.17) is 0 Å². The van der Waals surface area contributed by atoms with Crippen molar-refractivity contribution in [2.24, 2.45) is 0 Å². The van der Waals surface area contributed by atoms with Crippen LogP contribution in [0.15, 0.2) is 34.9 Å². The van der Waals surface area contributed by atoms with Crippen molar-refractivity contribution in [2.75, 3.05) is 6.54 Å². The second-order valence-electron chi connectivity index (χ2n) is 4.99. The first-order valence-electron chi connectivity index (χ1n) is 6.68. The Hall–Kier alpha value is -1.31. The topological polar surface area (TPSA) is 29.1 Å². The summed E-state index contributed by atoms with van der Waals surface area (Å²) >= 11 is 0. The molecular formula is C16H27NO. The Balaban J connectivity index is 3.82. The molecule has 0 aromatic rings. The van der Waals surface area contributed by atoms with E-state index in [0.29, 0.717) is 6.54 Å². The van der Waals surface area contributed by atoms with Crippen LogP contribution in [-0.2, 0) is 4.79 Å². The maximum atomic E-state index is 10.1. The molecule has 0 saturated carbocycles. The van der Waals surface area contributed by atoms with Gasteiger partial charge in [-0.25, -0.2) is 0 Å². The molecule has 18 heavy (non-hydrogen) atoms. The molecule has 0 spiro atoms. The van der Waals surface area contributed by atoms with Gasteiger partial charge in [0.05, 0.1) is 0 Å². The zero-order valence-corrected chi connectivity index (χ0v) is 12.3. The lowest BCUT2D eigenvalue weighted by Crippen LogP contribution is -2.09. The molecule has 0 aromatic heterocycles. The van der Waals surface area contributed by atoms with Crippen LogP contribution in [0.3, 0.4) is 0 Å². The van der Waals surface area contributed by atoms with E-state index in [9.17, 15) is 4.79 Å². The van der Waals surface area contributed by atoms with E-state index in [-0.39, 0.29) is 0 Å². The summed E-state index contributed by atoms with van der Waals surface area (Å²) in [5.74, 6) is 0. The highest BCUT2D eigenvalue weighted by Gasteiger charge is 1.91. The van der Waals surface area contributed by atoms with Gasteiger partial charge in [0.1, 0.15) is 0 Å². The summed E-state index contributed by atoms with van der Waals surface area (Å²) in [6, 6.07) is 0. The van der Waals surface area contributed by atoms with Crippen LogP contribution < -0.4 is 5.32 Å². The quantitative estimate of drug-likeness (QED) is 0.371. The van der Waals surface area contributed by atoms with Crippen molar-refractivity contribution in [3.05, 3.63) is 34.9 Å². The van der Waals surface area contributed by atoms with Crippen molar-refractivity contribution in [2.45, 2.75) is 53.4 Å². The number of allylic oxidation sites excluding steroid dienone is 5. The second kappa shape index (κ2) is 10.8. The molecule has 102 valence electrons. The van der Waals surface area contributed by atoms with Gasteiger partial charge in [-0.2, -0.15) is 0 Å². The fourth-order valence-electron chi connectivity index (χ4n) is 1.62. The Morgan fingerprint density at radius 1 is 0.889 bits per heavy atom. The minimum absolute atomic E-state index is 0.638.